The predicted octanol–water partition coefficient (Wildman–Crippen LogP) is 15.7. The van der Waals surface area contributed by atoms with Crippen LogP contribution in [0.2, 0.25) is 0 Å². The smallest absolute Gasteiger partial charge is 0.135 e. The van der Waals surface area contributed by atoms with Crippen molar-refractivity contribution in [2.45, 2.75) is 25.5 Å². The maximum absolute atomic E-state index is 14.8. The van der Waals surface area contributed by atoms with E-state index in [-0.39, 0.29) is 50.3 Å². The van der Waals surface area contributed by atoms with Crippen LogP contribution in [0.4, 0.5) is 17.6 Å². The number of rotatable bonds is 13. The number of aromatic nitrogens is 3. The Morgan fingerprint density at radius 2 is 0.765 bits per heavy atom. The fourth-order valence-electron chi connectivity index (χ4n) is 7.98. The SMILES string of the molecule is [2H]C([2H])(c1ccc(-c2ccc(F)cc2F)nc1)C([2H])([2H])c1cc(-c2ccccc2-c2cnc(-c3ccccc3)cc2-c2ccc(-c3ccccc3)cc2)cc(C([2H])([2H])C([2H])([2H])c2ccc(-c3ccc(F)cc3F)nc2)c1. The molecular formula is C61H43F4N3. The molecule has 10 aromatic rings. The molecule has 0 N–H and O–H groups in total. The van der Waals surface area contributed by atoms with Crippen molar-refractivity contribution in [2.24, 2.45) is 0 Å². The minimum atomic E-state index is -3.01. The van der Waals surface area contributed by atoms with Gasteiger partial charge in [0, 0.05) is 63.9 Å². The van der Waals surface area contributed by atoms with Crippen molar-refractivity contribution < 1.29 is 28.5 Å². The first-order chi connectivity index (χ1) is 36.3. The van der Waals surface area contributed by atoms with Gasteiger partial charge in [0.1, 0.15) is 23.3 Å². The largest absolute Gasteiger partial charge is 0.256 e. The van der Waals surface area contributed by atoms with E-state index in [2.05, 4.69) is 9.97 Å². The molecule has 0 aliphatic rings. The van der Waals surface area contributed by atoms with Crippen molar-refractivity contribution in [3.05, 3.63) is 258 Å². The lowest BCUT2D eigenvalue weighted by Crippen LogP contribution is -1.99. The summed E-state index contributed by atoms with van der Waals surface area (Å²) in [5.74, 6) is -3.41. The van der Waals surface area contributed by atoms with Crippen molar-refractivity contribution in [2.75, 3.05) is 0 Å². The minimum Gasteiger partial charge on any atom is -0.256 e. The Balaban J connectivity index is 1.13. The van der Waals surface area contributed by atoms with Crippen LogP contribution in [0.15, 0.2) is 213 Å². The normalized spacial score (nSPS) is 13.8. The van der Waals surface area contributed by atoms with Gasteiger partial charge in [-0.1, -0.05) is 140 Å². The third-order valence-electron chi connectivity index (χ3n) is 11.4. The van der Waals surface area contributed by atoms with Gasteiger partial charge in [0.05, 0.1) is 17.1 Å². The number of pyridine rings is 3. The third kappa shape index (κ3) is 9.79. The molecule has 0 saturated carbocycles. The fraction of sp³-hybridized carbons (Fsp3) is 0.0656. The fourth-order valence-corrected chi connectivity index (χ4v) is 7.98. The molecule has 10 rings (SSSR count). The van der Waals surface area contributed by atoms with Crippen molar-refractivity contribution >= 4 is 0 Å². The highest BCUT2D eigenvalue weighted by Crippen LogP contribution is 2.41. The summed E-state index contributed by atoms with van der Waals surface area (Å²) in [7, 11) is 0. The number of hydrogen-bond acceptors (Lipinski definition) is 3. The van der Waals surface area contributed by atoms with E-state index < -0.39 is 48.8 Å². The van der Waals surface area contributed by atoms with E-state index in [1.54, 1.807) is 18.3 Å². The summed E-state index contributed by atoms with van der Waals surface area (Å²) >= 11 is 0. The van der Waals surface area contributed by atoms with Crippen LogP contribution in [0.5, 0.6) is 0 Å². The number of halogens is 4. The van der Waals surface area contributed by atoms with E-state index in [0.717, 1.165) is 58.4 Å². The minimum absolute atomic E-state index is 0.0389. The van der Waals surface area contributed by atoms with Gasteiger partial charge in [-0.15, -0.1) is 0 Å². The van der Waals surface area contributed by atoms with Crippen molar-refractivity contribution in [3.8, 4) is 78.3 Å². The highest BCUT2D eigenvalue weighted by atomic mass is 19.1. The zero-order valence-electron chi connectivity index (χ0n) is 44.1. The lowest BCUT2D eigenvalue weighted by atomic mass is 9.87. The van der Waals surface area contributed by atoms with Crippen LogP contribution in [0.1, 0.15) is 33.2 Å². The molecule has 0 aliphatic carbocycles. The second-order valence-electron chi connectivity index (χ2n) is 15.9. The van der Waals surface area contributed by atoms with Gasteiger partial charge in [-0.3, -0.25) is 15.0 Å². The van der Waals surface area contributed by atoms with Crippen LogP contribution in [-0.4, -0.2) is 15.0 Å². The molecule has 3 aromatic heterocycles. The summed E-state index contributed by atoms with van der Waals surface area (Å²) in [5.41, 5.74) is 5.84. The van der Waals surface area contributed by atoms with Crippen LogP contribution >= 0.6 is 0 Å². The molecule has 0 bridgehead atoms. The molecular weight excluding hydrogens is 851 g/mol. The molecule has 0 aliphatic heterocycles. The van der Waals surface area contributed by atoms with Gasteiger partial charge in [-0.05, 0) is 129 Å². The monoisotopic (exact) mass is 901 g/mol. The Labute approximate surface area is 404 Å². The zero-order chi connectivity index (χ0) is 53.6. The van der Waals surface area contributed by atoms with Gasteiger partial charge in [0.2, 0.25) is 0 Å². The lowest BCUT2D eigenvalue weighted by Gasteiger charge is -2.18. The van der Waals surface area contributed by atoms with Gasteiger partial charge in [-0.25, -0.2) is 17.6 Å². The lowest BCUT2D eigenvalue weighted by molar-refractivity contribution is 0.584. The van der Waals surface area contributed by atoms with Gasteiger partial charge < -0.3 is 0 Å². The van der Waals surface area contributed by atoms with E-state index >= 15 is 0 Å². The number of aryl methyl sites for hydroxylation is 4. The molecule has 330 valence electrons. The topological polar surface area (TPSA) is 38.7 Å². The van der Waals surface area contributed by atoms with Crippen molar-refractivity contribution in [1.82, 2.24) is 15.0 Å². The average molecular weight is 902 g/mol. The summed E-state index contributed by atoms with van der Waals surface area (Å²) in [4.78, 5) is 13.4. The molecule has 3 heterocycles. The van der Waals surface area contributed by atoms with Gasteiger partial charge in [-0.2, -0.15) is 0 Å². The van der Waals surface area contributed by atoms with E-state index in [4.69, 9.17) is 4.98 Å². The zero-order valence-corrected chi connectivity index (χ0v) is 36.1. The van der Waals surface area contributed by atoms with E-state index in [0.29, 0.717) is 34.5 Å². The average Bonchev–Trinajstić information content (AvgIpc) is 3.45. The Morgan fingerprint density at radius 1 is 0.294 bits per heavy atom. The Kier molecular flexibility index (Phi) is 10.1. The second-order valence-corrected chi connectivity index (χ2v) is 15.9. The summed E-state index contributed by atoms with van der Waals surface area (Å²) < 4.78 is 133. The molecule has 7 heteroatoms. The van der Waals surface area contributed by atoms with Crippen LogP contribution in [0.3, 0.4) is 0 Å². The van der Waals surface area contributed by atoms with Gasteiger partial charge >= 0.3 is 0 Å². The van der Waals surface area contributed by atoms with E-state index in [1.165, 1.54) is 48.5 Å². The van der Waals surface area contributed by atoms with Gasteiger partial charge in [0.25, 0.3) is 0 Å². The first kappa shape index (κ1) is 35.0. The highest BCUT2D eigenvalue weighted by Gasteiger charge is 2.17. The molecule has 68 heavy (non-hydrogen) atoms. The summed E-state index contributed by atoms with van der Waals surface area (Å²) in [5, 5.41) is 0. The number of benzene rings is 7. The summed E-state index contributed by atoms with van der Waals surface area (Å²) in [6.45, 7) is 0. The van der Waals surface area contributed by atoms with Crippen LogP contribution in [-0.2, 0) is 25.5 Å². The van der Waals surface area contributed by atoms with E-state index in [9.17, 15) is 28.5 Å². The second kappa shape index (κ2) is 19.7. The third-order valence-corrected chi connectivity index (χ3v) is 11.4. The maximum atomic E-state index is 14.8. The molecule has 7 aromatic carbocycles. The Hall–Kier alpha value is -8.29. The first-order valence-electron chi connectivity index (χ1n) is 25.6. The number of nitrogens with zero attached hydrogens (tertiary/aromatic N) is 3. The quantitative estimate of drug-likeness (QED) is 0.108. The molecule has 3 nitrogen and oxygen atoms in total. The summed E-state index contributed by atoms with van der Waals surface area (Å²) in [6, 6.07) is 51.7. The standard InChI is InChI=1S/C61H43F4N3/c62-49-25-27-53(57(64)34-49)59-29-19-40(37-66-59)15-17-42-31-43(18-16-41-20-30-60(67-38-41)54-28-26-50(63)35-58(54)65)33-48(32-42)51-13-7-8-14-52(51)56-39-68-61(47-11-5-2-6-12-47)36-55(56)46-23-21-45(22-24-46)44-9-3-1-4-10-44/h1-14,19-39H,15-18H2/i15D2,16D2,17D2,18D2. The molecule has 0 spiro atoms. The van der Waals surface area contributed by atoms with Crippen molar-refractivity contribution in [1.29, 1.82) is 0 Å². The summed E-state index contributed by atoms with van der Waals surface area (Å²) in [6.07, 6.45) is -8.01. The highest BCUT2D eigenvalue weighted by molar-refractivity contribution is 5.93. The molecule has 0 radical (unpaired) electrons. The van der Waals surface area contributed by atoms with Crippen molar-refractivity contribution in [3.63, 3.8) is 0 Å². The van der Waals surface area contributed by atoms with Crippen LogP contribution in [0.25, 0.3) is 78.3 Å². The van der Waals surface area contributed by atoms with E-state index in [1.807, 2.05) is 103 Å². The molecule has 0 atom stereocenters. The number of hydrogen-bond donors (Lipinski definition) is 0. The predicted molar refractivity (Wildman–Crippen MR) is 265 cm³/mol. The molecule has 0 amide bonds. The Morgan fingerprint density at radius 3 is 1.29 bits per heavy atom. The first-order valence-corrected chi connectivity index (χ1v) is 21.6. The molecule has 0 fully saturated rings. The van der Waals surface area contributed by atoms with Gasteiger partial charge in [0.15, 0.2) is 0 Å². The van der Waals surface area contributed by atoms with Crippen LogP contribution in [0, 0.1) is 23.3 Å². The molecule has 0 saturated heterocycles. The molecule has 0 unspecified atom stereocenters. The Bertz CT molecular complexity index is 3610. The maximum Gasteiger partial charge on any atom is 0.135 e. The van der Waals surface area contributed by atoms with Crippen LogP contribution < -0.4 is 0 Å².